The van der Waals surface area contributed by atoms with Gasteiger partial charge < -0.3 is 4.74 Å². The molecule has 3 aliphatic rings. The summed E-state index contributed by atoms with van der Waals surface area (Å²) in [7, 11) is 0. The average Bonchev–Trinajstić information content (AvgIpc) is 3.49. The quantitative estimate of drug-likeness (QED) is 0.184. The van der Waals surface area contributed by atoms with Gasteiger partial charge in [-0.3, -0.25) is 0 Å². The highest BCUT2D eigenvalue weighted by Crippen LogP contribution is 2.61. The summed E-state index contributed by atoms with van der Waals surface area (Å²) in [5, 5.41) is 2.60. The molecule has 1 heterocycles. The zero-order valence-corrected chi connectivity index (χ0v) is 28.9. The second kappa shape index (κ2) is 11.3. The van der Waals surface area contributed by atoms with Crippen molar-refractivity contribution in [2.24, 2.45) is 5.92 Å². The molecule has 3 unspecified atom stereocenters. The second-order valence-corrected chi connectivity index (χ2v) is 14.6. The van der Waals surface area contributed by atoms with Gasteiger partial charge >= 0.3 is 0 Å². The molecule has 0 amide bonds. The summed E-state index contributed by atoms with van der Waals surface area (Å²) >= 11 is 0. The predicted octanol–water partition coefficient (Wildman–Crippen LogP) is 12.7. The van der Waals surface area contributed by atoms with Crippen LogP contribution in [0.1, 0.15) is 59.2 Å². The smallest absolute Gasteiger partial charge is 0.132 e. The third kappa shape index (κ3) is 4.22. The van der Waals surface area contributed by atoms with Crippen LogP contribution >= 0.6 is 0 Å². The lowest BCUT2D eigenvalue weighted by Crippen LogP contribution is -2.32. The predicted molar refractivity (Wildman–Crippen MR) is 211 cm³/mol. The summed E-state index contributed by atoms with van der Waals surface area (Å²) in [5.41, 5.74) is 13.4. The fourth-order valence-corrected chi connectivity index (χ4v) is 9.53. The van der Waals surface area contributed by atoms with Gasteiger partial charge in [0.25, 0.3) is 0 Å². The van der Waals surface area contributed by atoms with Crippen LogP contribution in [0.4, 0.5) is 0 Å². The van der Waals surface area contributed by atoms with Crippen molar-refractivity contribution in [2.75, 3.05) is 0 Å². The molecule has 0 fully saturated rings. The van der Waals surface area contributed by atoms with Crippen LogP contribution in [0.5, 0.6) is 11.5 Å². The van der Waals surface area contributed by atoms with Crippen LogP contribution in [0, 0.1) is 5.92 Å². The minimum absolute atomic E-state index is 0.357. The Kier molecular flexibility index (Phi) is 6.64. The molecule has 244 valence electrons. The minimum atomic E-state index is -0.465. The molecule has 7 aromatic rings. The Hall–Kier alpha value is -5.92. The molecule has 1 nitrogen and oxygen atoms in total. The van der Waals surface area contributed by atoms with Crippen LogP contribution in [-0.2, 0) is 10.8 Å². The van der Waals surface area contributed by atoms with E-state index in [2.05, 4.69) is 190 Å². The van der Waals surface area contributed by atoms with E-state index in [0.717, 1.165) is 23.5 Å². The molecule has 1 aliphatic heterocycles. The second-order valence-electron chi connectivity index (χ2n) is 14.6. The topological polar surface area (TPSA) is 9.23 Å². The summed E-state index contributed by atoms with van der Waals surface area (Å²) in [4.78, 5) is 0. The van der Waals surface area contributed by atoms with Gasteiger partial charge in [0.1, 0.15) is 11.5 Å². The number of benzene rings is 7. The summed E-state index contributed by atoms with van der Waals surface area (Å²) < 4.78 is 6.82. The molecule has 0 aromatic heterocycles. The summed E-state index contributed by atoms with van der Waals surface area (Å²) in [6.45, 7) is 4.69. The Morgan fingerprint density at radius 2 is 1.22 bits per heavy atom. The molecular weight excluding hydrogens is 617 g/mol. The van der Waals surface area contributed by atoms with Crippen LogP contribution in [0.3, 0.4) is 0 Å². The van der Waals surface area contributed by atoms with E-state index < -0.39 is 5.41 Å². The number of ether oxygens (including phenoxy) is 1. The van der Waals surface area contributed by atoms with Crippen molar-refractivity contribution in [3.63, 3.8) is 0 Å². The van der Waals surface area contributed by atoms with E-state index in [1.165, 1.54) is 66.4 Å². The maximum atomic E-state index is 6.82. The maximum Gasteiger partial charge on any atom is 0.132 e. The molecule has 0 radical (unpaired) electrons. The number of fused-ring (bicyclic) bond motifs is 6. The normalized spacial score (nSPS) is 21.4. The van der Waals surface area contributed by atoms with E-state index in [9.17, 15) is 0 Å². The Bertz CT molecular complexity index is 2560. The lowest BCUT2D eigenvalue weighted by Gasteiger charge is -2.39. The van der Waals surface area contributed by atoms with Gasteiger partial charge in [-0.15, -0.1) is 0 Å². The first-order chi connectivity index (χ1) is 25.1. The maximum absolute atomic E-state index is 6.82. The molecule has 0 N–H and O–H groups in total. The molecule has 2 aliphatic carbocycles. The van der Waals surface area contributed by atoms with E-state index in [0.29, 0.717) is 5.92 Å². The van der Waals surface area contributed by atoms with Crippen LogP contribution in [0.2, 0.25) is 0 Å². The highest BCUT2D eigenvalue weighted by Gasteiger charge is 2.49. The van der Waals surface area contributed by atoms with E-state index in [4.69, 9.17) is 4.74 Å². The fourth-order valence-electron chi connectivity index (χ4n) is 9.53. The van der Waals surface area contributed by atoms with Crippen LogP contribution < -0.4 is 4.74 Å². The van der Waals surface area contributed by atoms with Crippen LogP contribution in [0.25, 0.3) is 27.5 Å². The summed E-state index contributed by atoms with van der Waals surface area (Å²) in [6.07, 6.45) is 5.81. The molecule has 10 rings (SSSR count). The van der Waals surface area contributed by atoms with Gasteiger partial charge in [-0.05, 0) is 92.3 Å². The van der Waals surface area contributed by atoms with Crippen molar-refractivity contribution >= 4 is 16.3 Å². The van der Waals surface area contributed by atoms with Gasteiger partial charge in [-0.25, -0.2) is 0 Å². The molecule has 0 saturated carbocycles. The lowest BCUT2D eigenvalue weighted by atomic mass is 9.63. The zero-order chi connectivity index (χ0) is 34.2. The van der Waals surface area contributed by atoms with Crippen molar-refractivity contribution in [3.05, 3.63) is 220 Å². The Morgan fingerprint density at radius 1 is 0.569 bits per heavy atom. The van der Waals surface area contributed by atoms with Crippen molar-refractivity contribution < 1.29 is 4.74 Å². The molecular formula is C50H38O. The third-order valence-electron chi connectivity index (χ3n) is 11.9. The summed E-state index contributed by atoms with van der Waals surface area (Å²) in [6, 6.07) is 60.3. The van der Waals surface area contributed by atoms with E-state index in [1.54, 1.807) is 0 Å². The first-order valence-corrected chi connectivity index (χ1v) is 18.2. The monoisotopic (exact) mass is 654 g/mol. The van der Waals surface area contributed by atoms with E-state index in [1.807, 2.05) is 0 Å². The third-order valence-corrected chi connectivity index (χ3v) is 11.9. The molecule has 0 spiro atoms. The Labute approximate surface area is 300 Å². The van der Waals surface area contributed by atoms with Gasteiger partial charge in [0.15, 0.2) is 0 Å². The van der Waals surface area contributed by atoms with Gasteiger partial charge in [0.2, 0.25) is 0 Å². The van der Waals surface area contributed by atoms with Crippen molar-refractivity contribution in [3.8, 4) is 22.6 Å². The molecule has 3 atom stereocenters. The largest absolute Gasteiger partial charge is 0.457 e. The standard InChI is InChI=1S/C50H38O/c1-33-25-28-40-45(31-33)50(37-18-7-4-8-19-37,44-30-26-34-15-9-10-21-39(34)48(40)44)41-22-12-11-20-38(41)35-27-29-43-47(32-35)51-46-24-14-13-23-42(46)49(43,2)36-16-5-3-6-17-36/h3-30,32-33H,31H2,1-2H3. The highest BCUT2D eigenvalue weighted by molar-refractivity contribution is 6.04. The molecule has 0 saturated heterocycles. The molecule has 7 aromatic carbocycles. The Morgan fingerprint density at radius 3 is 2.04 bits per heavy atom. The minimum Gasteiger partial charge on any atom is -0.457 e. The van der Waals surface area contributed by atoms with Crippen molar-refractivity contribution in [2.45, 2.75) is 31.1 Å². The highest BCUT2D eigenvalue weighted by atomic mass is 16.5. The summed E-state index contributed by atoms with van der Waals surface area (Å²) in [5.74, 6) is 2.26. The molecule has 0 bridgehead atoms. The van der Waals surface area contributed by atoms with Gasteiger partial charge in [0, 0.05) is 16.5 Å². The van der Waals surface area contributed by atoms with Crippen molar-refractivity contribution in [1.82, 2.24) is 0 Å². The SMILES string of the molecule is CC1C=CC2=C(C1)C(c1ccccc1)(c1ccccc1-c1ccc3c(c1)Oc1ccccc1C3(C)c1ccccc1)c1ccc3ccccc3c12. The zero-order valence-electron chi connectivity index (χ0n) is 28.9. The van der Waals surface area contributed by atoms with Gasteiger partial charge in [0.05, 0.1) is 5.41 Å². The Balaban J connectivity index is 1.25. The number of hydrogen-bond donors (Lipinski definition) is 0. The van der Waals surface area contributed by atoms with E-state index >= 15 is 0 Å². The molecule has 51 heavy (non-hydrogen) atoms. The van der Waals surface area contributed by atoms with Gasteiger partial charge in [-0.2, -0.15) is 0 Å². The number of rotatable bonds is 4. The van der Waals surface area contributed by atoms with Gasteiger partial charge in [-0.1, -0.05) is 171 Å². The number of para-hydroxylation sites is 1. The van der Waals surface area contributed by atoms with Crippen LogP contribution in [-0.4, -0.2) is 0 Å². The van der Waals surface area contributed by atoms with Crippen LogP contribution in [0.15, 0.2) is 182 Å². The first kappa shape index (κ1) is 29.9. The number of hydrogen-bond acceptors (Lipinski definition) is 1. The average molecular weight is 655 g/mol. The molecule has 1 heteroatoms. The number of allylic oxidation sites excluding steroid dienone is 4. The van der Waals surface area contributed by atoms with E-state index in [-0.39, 0.29) is 5.41 Å². The van der Waals surface area contributed by atoms with Crippen molar-refractivity contribution in [1.29, 1.82) is 0 Å². The first-order valence-electron chi connectivity index (χ1n) is 18.2. The lowest BCUT2D eigenvalue weighted by molar-refractivity contribution is 0.427. The fraction of sp³-hybridized carbons (Fsp3) is 0.120.